The molecule has 1 aromatic rings. The zero-order chi connectivity index (χ0) is 16.5. The van der Waals surface area contributed by atoms with Gasteiger partial charge >= 0.3 is 5.97 Å². The minimum atomic E-state index is -0.829. The van der Waals surface area contributed by atoms with Crippen molar-refractivity contribution in [3.63, 3.8) is 0 Å². The van der Waals surface area contributed by atoms with E-state index in [1.807, 2.05) is 38.7 Å². The number of fused-ring (bicyclic) bond motifs is 1. The predicted molar refractivity (Wildman–Crippen MR) is 87.6 cm³/mol. The molecule has 0 aliphatic carbocycles. The molecule has 0 amide bonds. The Kier molecular flexibility index (Phi) is 4.59. The van der Waals surface area contributed by atoms with Crippen molar-refractivity contribution >= 4 is 17.2 Å². The van der Waals surface area contributed by atoms with E-state index in [-0.39, 0.29) is 5.82 Å². The van der Waals surface area contributed by atoms with Crippen LogP contribution in [0, 0.1) is 5.82 Å². The van der Waals surface area contributed by atoms with Crippen molar-refractivity contribution in [1.29, 1.82) is 0 Å². The molecule has 0 fully saturated rings. The SMILES string of the molecule is CCCC[C@H](C(=O)O)N1c2ccc(F)cc2C(C)=CC1(C)C. The number of unbranched alkanes of at least 4 members (excludes halogenated alkanes) is 1. The van der Waals surface area contributed by atoms with Crippen LogP contribution in [0.5, 0.6) is 0 Å². The second-order valence-corrected chi connectivity index (χ2v) is 6.51. The van der Waals surface area contributed by atoms with E-state index in [4.69, 9.17) is 0 Å². The third-order valence-electron chi connectivity index (χ3n) is 4.26. The van der Waals surface area contributed by atoms with Crippen LogP contribution < -0.4 is 4.90 Å². The molecule has 4 heteroatoms. The Balaban J connectivity index is 2.55. The second kappa shape index (κ2) is 6.11. The molecular weight excluding hydrogens is 281 g/mol. The molecule has 2 rings (SSSR count). The Labute approximate surface area is 131 Å². The monoisotopic (exact) mass is 305 g/mol. The maximum atomic E-state index is 13.6. The van der Waals surface area contributed by atoms with Gasteiger partial charge in [-0.25, -0.2) is 9.18 Å². The molecule has 0 unspecified atom stereocenters. The normalized spacial score (nSPS) is 17.7. The Bertz CT molecular complexity index is 607. The maximum absolute atomic E-state index is 13.6. The first-order valence-electron chi connectivity index (χ1n) is 7.79. The molecular formula is C18H24FNO2. The summed E-state index contributed by atoms with van der Waals surface area (Å²) in [6.45, 7) is 8.00. The molecule has 1 aromatic carbocycles. The first kappa shape index (κ1) is 16.5. The molecule has 0 spiro atoms. The molecule has 0 radical (unpaired) electrons. The second-order valence-electron chi connectivity index (χ2n) is 6.51. The number of carbonyl (C=O) groups is 1. The highest BCUT2D eigenvalue weighted by molar-refractivity contribution is 5.86. The fraction of sp³-hybridized carbons (Fsp3) is 0.500. The van der Waals surface area contributed by atoms with E-state index >= 15 is 0 Å². The van der Waals surface area contributed by atoms with Crippen molar-refractivity contribution in [2.45, 2.75) is 58.5 Å². The highest BCUT2D eigenvalue weighted by Crippen LogP contribution is 2.41. The van der Waals surface area contributed by atoms with Crippen LogP contribution in [0.4, 0.5) is 10.1 Å². The highest BCUT2D eigenvalue weighted by Gasteiger charge is 2.39. The van der Waals surface area contributed by atoms with E-state index in [2.05, 4.69) is 0 Å². The zero-order valence-electron chi connectivity index (χ0n) is 13.7. The van der Waals surface area contributed by atoms with E-state index in [1.165, 1.54) is 12.1 Å². The van der Waals surface area contributed by atoms with Crippen LogP contribution in [0.2, 0.25) is 0 Å². The van der Waals surface area contributed by atoms with Crippen LogP contribution in [-0.2, 0) is 4.79 Å². The lowest BCUT2D eigenvalue weighted by Gasteiger charge is -2.46. The van der Waals surface area contributed by atoms with Gasteiger partial charge in [0, 0.05) is 11.3 Å². The van der Waals surface area contributed by atoms with E-state index in [0.717, 1.165) is 29.7 Å². The Morgan fingerprint density at radius 2 is 2.09 bits per heavy atom. The van der Waals surface area contributed by atoms with Gasteiger partial charge in [0.25, 0.3) is 0 Å². The summed E-state index contributed by atoms with van der Waals surface area (Å²) >= 11 is 0. The summed E-state index contributed by atoms with van der Waals surface area (Å²) < 4.78 is 13.6. The number of rotatable bonds is 5. The van der Waals surface area contributed by atoms with Crippen LogP contribution in [0.3, 0.4) is 0 Å². The van der Waals surface area contributed by atoms with Crippen LogP contribution in [-0.4, -0.2) is 22.7 Å². The van der Waals surface area contributed by atoms with Crippen LogP contribution in [0.1, 0.15) is 52.5 Å². The summed E-state index contributed by atoms with van der Waals surface area (Å²) in [6, 6.07) is 3.98. The molecule has 0 aromatic heterocycles. The van der Waals surface area contributed by atoms with Gasteiger partial charge in [-0.1, -0.05) is 25.8 Å². The van der Waals surface area contributed by atoms with E-state index in [0.29, 0.717) is 6.42 Å². The number of halogens is 1. The molecule has 1 aliphatic rings. The van der Waals surface area contributed by atoms with Gasteiger partial charge in [0.05, 0.1) is 5.54 Å². The van der Waals surface area contributed by atoms with Gasteiger partial charge in [-0.05, 0) is 51.0 Å². The summed E-state index contributed by atoms with van der Waals surface area (Å²) in [5.41, 5.74) is 2.14. The van der Waals surface area contributed by atoms with Crippen molar-refractivity contribution in [2.24, 2.45) is 0 Å². The Morgan fingerprint density at radius 3 is 2.68 bits per heavy atom. The van der Waals surface area contributed by atoms with Gasteiger partial charge in [-0.15, -0.1) is 0 Å². The molecule has 3 nitrogen and oxygen atoms in total. The van der Waals surface area contributed by atoms with Gasteiger partial charge in [0.2, 0.25) is 0 Å². The number of hydrogen-bond acceptors (Lipinski definition) is 2. The standard InChI is InChI=1S/C18H24FNO2/c1-5-6-7-16(17(21)22)20-15-9-8-13(19)10-14(15)12(2)11-18(20,3)4/h8-11,16H,5-7H2,1-4H3,(H,21,22)/t16-/m1/s1. The van der Waals surface area contributed by atoms with Crippen LogP contribution in [0.25, 0.3) is 5.57 Å². The largest absolute Gasteiger partial charge is 0.480 e. The summed E-state index contributed by atoms with van der Waals surface area (Å²) in [5, 5.41) is 9.69. The van der Waals surface area contributed by atoms with Crippen molar-refractivity contribution in [1.82, 2.24) is 0 Å². The number of anilines is 1. The number of nitrogens with zero attached hydrogens (tertiary/aromatic N) is 1. The average Bonchev–Trinajstić information content (AvgIpc) is 2.41. The molecule has 22 heavy (non-hydrogen) atoms. The van der Waals surface area contributed by atoms with Crippen molar-refractivity contribution < 1.29 is 14.3 Å². The fourth-order valence-corrected chi connectivity index (χ4v) is 3.35. The maximum Gasteiger partial charge on any atom is 0.326 e. The summed E-state index contributed by atoms with van der Waals surface area (Å²) in [4.78, 5) is 13.7. The lowest BCUT2D eigenvalue weighted by molar-refractivity contribution is -0.139. The molecule has 1 N–H and O–H groups in total. The van der Waals surface area contributed by atoms with Crippen LogP contribution in [0.15, 0.2) is 24.3 Å². The first-order chi connectivity index (χ1) is 10.3. The highest BCUT2D eigenvalue weighted by atomic mass is 19.1. The summed E-state index contributed by atoms with van der Waals surface area (Å²) in [6.07, 6.45) is 4.40. The van der Waals surface area contributed by atoms with Gasteiger partial charge in [0.15, 0.2) is 0 Å². The third-order valence-corrected chi connectivity index (χ3v) is 4.26. The predicted octanol–water partition coefficient (Wildman–Crippen LogP) is 4.47. The topological polar surface area (TPSA) is 40.5 Å². The minimum Gasteiger partial charge on any atom is -0.480 e. The molecule has 1 aliphatic heterocycles. The number of carboxylic acids is 1. The molecule has 0 saturated heterocycles. The molecule has 0 bridgehead atoms. The van der Waals surface area contributed by atoms with E-state index < -0.39 is 17.6 Å². The lowest BCUT2D eigenvalue weighted by Crippen LogP contribution is -2.54. The minimum absolute atomic E-state index is 0.299. The average molecular weight is 305 g/mol. The fourth-order valence-electron chi connectivity index (χ4n) is 3.35. The molecule has 120 valence electrons. The number of hydrogen-bond donors (Lipinski definition) is 1. The first-order valence-corrected chi connectivity index (χ1v) is 7.79. The van der Waals surface area contributed by atoms with Crippen molar-refractivity contribution in [2.75, 3.05) is 4.90 Å². The van der Waals surface area contributed by atoms with E-state index in [1.54, 1.807) is 6.07 Å². The lowest BCUT2D eigenvalue weighted by atomic mass is 9.86. The van der Waals surface area contributed by atoms with Gasteiger partial charge in [-0.3, -0.25) is 0 Å². The number of carboxylic acid groups (broad SMARTS) is 1. The number of allylic oxidation sites excluding steroid dienone is 1. The molecule has 1 heterocycles. The van der Waals surface area contributed by atoms with Gasteiger partial charge in [0.1, 0.15) is 11.9 Å². The van der Waals surface area contributed by atoms with Crippen molar-refractivity contribution in [3.05, 3.63) is 35.7 Å². The smallest absolute Gasteiger partial charge is 0.326 e. The number of benzene rings is 1. The molecule has 0 saturated carbocycles. The number of aliphatic carboxylic acids is 1. The third kappa shape index (κ3) is 3.01. The van der Waals surface area contributed by atoms with Crippen molar-refractivity contribution in [3.8, 4) is 0 Å². The van der Waals surface area contributed by atoms with Gasteiger partial charge < -0.3 is 10.0 Å². The quantitative estimate of drug-likeness (QED) is 0.872. The van der Waals surface area contributed by atoms with Crippen LogP contribution >= 0.6 is 0 Å². The Hall–Kier alpha value is -1.84. The zero-order valence-corrected chi connectivity index (χ0v) is 13.7. The summed E-state index contributed by atoms with van der Waals surface area (Å²) in [5.74, 6) is -1.13. The van der Waals surface area contributed by atoms with Gasteiger partial charge in [-0.2, -0.15) is 0 Å². The Morgan fingerprint density at radius 1 is 1.41 bits per heavy atom. The van der Waals surface area contributed by atoms with E-state index in [9.17, 15) is 14.3 Å². The molecule has 1 atom stereocenters. The summed E-state index contributed by atoms with van der Waals surface area (Å²) in [7, 11) is 0.